The minimum atomic E-state index is -3.43. The predicted octanol–water partition coefficient (Wildman–Crippen LogP) is 1.65. The van der Waals surface area contributed by atoms with E-state index < -0.39 is 16.1 Å². The lowest BCUT2D eigenvalue weighted by Crippen LogP contribution is -2.41. The number of nitrogens with zero attached hydrogens (tertiary/aromatic N) is 2. The number of ether oxygens (including phenoxy) is 1. The third kappa shape index (κ3) is 5.88. The molecule has 10 heteroatoms. The molecule has 0 aliphatic carbocycles. The highest BCUT2D eigenvalue weighted by molar-refractivity contribution is 7.88. The van der Waals surface area contributed by atoms with E-state index in [4.69, 9.17) is 9.26 Å². The molecule has 1 aromatic heterocycles. The Bertz CT molecular complexity index is 954. The Morgan fingerprint density at radius 1 is 1.23 bits per heavy atom. The van der Waals surface area contributed by atoms with Gasteiger partial charge >= 0.3 is 0 Å². The predicted molar refractivity (Wildman–Crippen MR) is 112 cm³/mol. The molecule has 30 heavy (non-hydrogen) atoms. The first-order valence-electron chi connectivity index (χ1n) is 9.99. The molecule has 1 aromatic carbocycles. The van der Waals surface area contributed by atoms with E-state index in [2.05, 4.69) is 15.8 Å². The van der Waals surface area contributed by atoms with Crippen LogP contribution in [0.5, 0.6) is 0 Å². The molecule has 1 atom stereocenters. The highest BCUT2D eigenvalue weighted by atomic mass is 32.2. The SMILES string of the molecule is CCC(NCc1ccccc1CS(=O)(=O)N1CCOCC1)C(=O)Nc1cc(C)on1. The Hall–Kier alpha value is -2.27. The number of carbonyl (C=O) groups excluding carboxylic acids is 1. The van der Waals surface area contributed by atoms with Crippen LogP contribution in [0.2, 0.25) is 0 Å². The molecule has 2 aromatic rings. The largest absolute Gasteiger partial charge is 0.379 e. The highest BCUT2D eigenvalue weighted by Gasteiger charge is 2.25. The molecule has 0 radical (unpaired) electrons. The van der Waals surface area contributed by atoms with Gasteiger partial charge in [0.1, 0.15) is 5.76 Å². The van der Waals surface area contributed by atoms with Crippen LogP contribution in [-0.2, 0) is 31.9 Å². The lowest BCUT2D eigenvalue weighted by molar-refractivity contribution is -0.118. The number of aryl methyl sites for hydroxylation is 1. The minimum Gasteiger partial charge on any atom is -0.379 e. The van der Waals surface area contributed by atoms with Crippen molar-refractivity contribution in [1.82, 2.24) is 14.8 Å². The zero-order valence-corrected chi connectivity index (χ0v) is 18.1. The van der Waals surface area contributed by atoms with Crippen LogP contribution in [0, 0.1) is 6.92 Å². The third-order valence-corrected chi connectivity index (χ3v) is 6.79. The molecule has 3 rings (SSSR count). The third-order valence-electron chi connectivity index (χ3n) is 4.96. The maximum absolute atomic E-state index is 12.8. The maximum Gasteiger partial charge on any atom is 0.242 e. The molecular formula is C20H28N4O5S. The highest BCUT2D eigenvalue weighted by Crippen LogP contribution is 2.17. The number of benzene rings is 1. The number of rotatable bonds is 9. The van der Waals surface area contributed by atoms with E-state index in [1.165, 1.54) is 4.31 Å². The van der Waals surface area contributed by atoms with E-state index in [1.807, 2.05) is 31.2 Å². The van der Waals surface area contributed by atoms with E-state index in [0.717, 1.165) is 11.1 Å². The van der Waals surface area contributed by atoms with Gasteiger partial charge in [-0.2, -0.15) is 4.31 Å². The Morgan fingerprint density at radius 2 is 1.93 bits per heavy atom. The number of anilines is 1. The smallest absolute Gasteiger partial charge is 0.242 e. The summed E-state index contributed by atoms with van der Waals surface area (Å²) in [7, 11) is -3.43. The molecule has 0 spiro atoms. The average Bonchev–Trinajstić information content (AvgIpc) is 3.14. The second-order valence-electron chi connectivity index (χ2n) is 7.19. The molecule has 1 saturated heterocycles. The zero-order valence-electron chi connectivity index (χ0n) is 17.3. The standard InChI is InChI=1S/C20H28N4O5S/c1-3-18(20(25)22-19-12-15(2)29-23-19)21-13-16-6-4-5-7-17(16)14-30(26,27)24-8-10-28-11-9-24/h4-7,12,18,21H,3,8-11,13-14H2,1-2H3,(H,22,23,25). The van der Waals surface area contributed by atoms with E-state index in [0.29, 0.717) is 50.8 Å². The Labute approximate surface area is 176 Å². The van der Waals surface area contributed by atoms with Crippen LogP contribution in [0.1, 0.15) is 30.2 Å². The van der Waals surface area contributed by atoms with Crippen molar-refractivity contribution in [3.63, 3.8) is 0 Å². The molecule has 164 valence electrons. The van der Waals surface area contributed by atoms with Crippen molar-refractivity contribution >= 4 is 21.7 Å². The van der Waals surface area contributed by atoms with Gasteiger partial charge in [-0.15, -0.1) is 0 Å². The fraction of sp³-hybridized carbons (Fsp3) is 0.500. The van der Waals surface area contributed by atoms with Gasteiger partial charge in [0.25, 0.3) is 0 Å². The van der Waals surface area contributed by atoms with Crippen LogP contribution in [0.25, 0.3) is 0 Å². The van der Waals surface area contributed by atoms with Gasteiger partial charge in [0, 0.05) is 25.7 Å². The van der Waals surface area contributed by atoms with Gasteiger partial charge in [0.15, 0.2) is 5.82 Å². The van der Waals surface area contributed by atoms with Gasteiger partial charge in [-0.1, -0.05) is 36.3 Å². The number of carbonyl (C=O) groups is 1. The van der Waals surface area contributed by atoms with Gasteiger partial charge in [0.2, 0.25) is 15.9 Å². The molecular weight excluding hydrogens is 408 g/mol. The molecule has 1 aliphatic rings. The summed E-state index contributed by atoms with van der Waals surface area (Å²) in [4.78, 5) is 12.5. The first-order chi connectivity index (χ1) is 14.4. The van der Waals surface area contributed by atoms with E-state index in [1.54, 1.807) is 13.0 Å². The number of hydrogen-bond acceptors (Lipinski definition) is 7. The molecule has 1 aliphatic heterocycles. The first-order valence-corrected chi connectivity index (χ1v) is 11.6. The summed E-state index contributed by atoms with van der Waals surface area (Å²) in [5.41, 5.74) is 1.57. The number of sulfonamides is 1. The van der Waals surface area contributed by atoms with Crippen LogP contribution in [0.4, 0.5) is 5.82 Å². The Morgan fingerprint density at radius 3 is 2.57 bits per heavy atom. The molecule has 1 unspecified atom stereocenters. The molecule has 1 amide bonds. The quantitative estimate of drug-likeness (QED) is 0.614. The fourth-order valence-corrected chi connectivity index (χ4v) is 4.84. The number of nitrogens with one attached hydrogen (secondary N) is 2. The molecule has 0 saturated carbocycles. The van der Waals surface area contributed by atoms with Gasteiger partial charge in [-0.05, 0) is 24.5 Å². The van der Waals surface area contributed by atoms with Gasteiger partial charge < -0.3 is 19.9 Å². The van der Waals surface area contributed by atoms with E-state index in [9.17, 15) is 13.2 Å². The Balaban J connectivity index is 1.64. The summed E-state index contributed by atoms with van der Waals surface area (Å²) in [5, 5.41) is 9.72. The lowest BCUT2D eigenvalue weighted by Gasteiger charge is -2.26. The zero-order chi connectivity index (χ0) is 21.6. The second-order valence-corrected chi connectivity index (χ2v) is 9.16. The summed E-state index contributed by atoms with van der Waals surface area (Å²) in [5.74, 6) is 0.687. The summed E-state index contributed by atoms with van der Waals surface area (Å²) in [6, 6.07) is 8.57. The Kier molecular flexibility index (Phi) is 7.59. The first kappa shape index (κ1) is 22.4. The normalized spacial score (nSPS) is 16.3. The second kappa shape index (κ2) is 10.2. The van der Waals surface area contributed by atoms with Gasteiger partial charge in [-0.3, -0.25) is 4.79 Å². The van der Waals surface area contributed by atoms with Crippen molar-refractivity contribution in [3.8, 4) is 0 Å². The summed E-state index contributed by atoms with van der Waals surface area (Å²) in [6.45, 7) is 5.62. The molecule has 2 N–H and O–H groups in total. The number of hydrogen-bond donors (Lipinski definition) is 2. The van der Waals surface area contributed by atoms with Crippen LogP contribution < -0.4 is 10.6 Å². The van der Waals surface area contributed by atoms with Crippen molar-refractivity contribution in [1.29, 1.82) is 0 Å². The lowest BCUT2D eigenvalue weighted by atomic mass is 10.1. The van der Waals surface area contributed by atoms with Crippen LogP contribution in [0.15, 0.2) is 34.9 Å². The number of morpholine rings is 1. The van der Waals surface area contributed by atoms with E-state index in [-0.39, 0.29) is 11.7 Å². The van der Waals surface area contributed by atoms with Crippen molar-refractivity contribution < 1.29 is 22.5 Å². The number of aromatic nitrogens is 1. The fourth-order valence-electron chi connectivity index (χ4n) is 3.28. The van der Waals surface area contributed by atoms with Gasteiger partial charge in [0.05, 0.1) is 25.0 Å². The van der Waals surface area contributed by atoms with Crippen molar-refractivity contribution in [2.24, 2.45) is 0 Å². The number of amides is 1. The average molecular weight is 437 g/mol. The summed E-state index contributed by atoms with van der Waals surface area (Å²) < 4.78 is 37.3. The maximum atomic E-state index is 12.8. The van der Waals surface area contributed by atoms with Crippen molar-refractivity contribution in [3.05, 3.63) is 47.2 Å². The van der Waals surface area contributed by atoms with Crippen LogP contribution in [-0.4, -0.2) is 56.1 Å². The summed E-state index contributed by atoms with van der Waals surface area (Å²) >= 11 is 0. The van der Waals surface area contributed by atoms with Gasteiger partial charge in [-0.25, -0.2) is 8.42 Å². The molecule has 0 bridgehead atoms. The van der Waals surface area contributed by atoms with Crippen LogP contribution in [0.3, 0.4) is 0 Å². The van der Waals surface area contributed by atoms with Crippen molar-refractivity contribution in [2.45, 2.75) is 38.6 Å². The van der Waals surface area contributed by atoms with Crippen molar-refractivity contribution in [2.75, 3.05) is 31.6 Å². The molecule has 1 fully saturated rings. The topological polar surface area (TPSA) is 114 Å². The van der Waals surface area contributed by atoms with Crippen LogP contribution >= 0.6 is 0 Å². The molecule has 2 heterocycles. The monoisotopic (exact) mass is 436 g/mol. The van der Waals surface area contributed by atoms with E-state index >= 15 is 0 Å². The summed E-state index contributed by atoms with van der Waals surface area (Å²) in [6.07, 6.45) is 0.566. The minimum absolute atomic E-state index is 0.0773. The molecule has 9 nitrogen and oxygen atoms in total.